The van der Waals surface area contributed by atoms with Gasteiger partial charge in [0.1, 0.15) is 5.82 Å². The molecule has 0 radical (unpaired) electrons. The third kappa shape index (κ3) is 3.75. The standard InChI is InChI=1S/C23H27N7/c1-15-10-23(29-28-15)27-22-14-20-19(4-2-8-25-20)21(26-22)13-16-11-17-5-6-18(12-16)30(17)9-3-7-24/h2,4,8,10,14,16-18H,3,5-6,9,11-13H2,1H3,(H2,26,27,28,29)/t16?,17-,18?/m0/s1. The van der Waals surface area contributed by atoms with E-state index in [-0.39, 0.29) is 0 Å². The van der Waals surface area contributed by atoms with E-state index in [1.165, 1.54) is 25.7 Å². The van der Waals surface area contributed by atoms with Crippen molar-refractivity contribution >= 4 is 22.5 Å². The van der Waals surface area contributed by atoms with Crippen LogP contribution in [-0.4, -0.2) is 43.7 Å². The number of piperidine rings is 1. The molecule has 0 spiro atoms. The summed E-state index contributed by atoms with van der Waals surface area (Å²) in [6.45, 7) is 2.91. The molecule has 154 valence electrons. The van der Waals surface area contributed by atoms with Crippen molar-refractivity contribution in [3.8, 4) is 6.07 Å². The molecule has 2 bridgehead atoms. The molecule has 2 N–H and O–H groups in total. The maximum atomic E-state index is 8.97. The van der Waals surface area contributed by atoms with Crippen LogP contribution in [0.3, 0.4) is 0 Å². The summed E-state index contributed by atoms with van der Waals surface area (Å²) in [6, 6.07) is 11.6. The number of H-pyrrole nitrogens is 1. The first-order valence-corrected chi connectivity index (χ1v) is 10.9. The van der Waals surface area contributed by atoms with E-state index in [9.17, 15) is 0 Å². The number of aromatic nitrogens is 4. The van der Waals surface area contributed by atoms with Crippen molar-refractivity contribution in [1.29, 1.82) is 5.26 Å². The fourth-order valence-corrected chi connectivity index (χ4v) is 5.35. The van der Waals surface area contributed by atoms with Crippen LogP contribution >= 0.6 is 0 Å². The number of aromatic amines is 1. The van der Waals surface area contributed by atoms with Gasteiger partial charge in [-0.25, -0.2) is 4.98 Å². The normalized spacial score (nSPS) is 23.5. The molecule has 3 atom stereocenters. The number of nitrogens with zero attached hydrogens (tertiary/aromatic N) is 5. The minimum Gasteiger partial charge on any atom is -0.323 e. The SMILES string of the molecule is Cc1cc(Nc2cc3ncccc3c(CC3CC4CC[C@@H](C3)N4CCC#N)n2)n[nH]1. The first-order chi connectivity index (χ1) is 14.7. The van der Waals surface area contributed by atoms with Gasteiger partial charge < -0.3 is 5.32 Å². The van der Waals surface area contributed by atoms with E-state index in [0.717, 1.165) is 46.9 Å². The second kappa shape index (κ2) is 8.04. The van der Waals surface area contributed by atoms with Gasteiger partial charge in [-0.2, -0.15) is 10.4 Å². The molecule has 2 aliphatic heterocycles. The number of rotatable bonds is 6. The van der Waals surface area contributed by atoms with Gasteiger partial charge in [-0.05, 0) is 57.1 Å². The summed E-state index contributed by atoms with van der Waals surface area (Å²) in [6.07, 6.45) is 8.36. The van der Waals surface area contributed by atoms with Gasteiger partial charge in [-0.15, -0.1) is 0 Å². The Morgan fingerprint density at radius 2 is 2.07 bits per heavy atom. The molecular weight excluding hydrogens is 374 g/mol. The van der Waals surface area contributed by atoms with E-state index in [1.54, 1.807) is 0 Å². The zero-order chi connectivity index (χ0) is 20.5. The average molecular weight is 402 g/mol. The first-order valence-electron chi connectivity index (χ1n) is 10.9. The molecule has 0 aliphatic carbocycles. The Morgan fingerprint density at radius 3 is 2.80 bits per heavy atom. The molecule has 7 heteroatoms. The Bertz CT molecular complexity index is 1070. The number of pyridine rings is 2. The number of nitriles is 1. The highest BCUT2D eigenvalue weighted by Crippen LogP contribution is 2.40. The summed E-state index contributed by atoms with van der Waals surface area (Å²) in [5, 5.41) is 20.7. The molecule has 2 aliphatic rings. The molecule has 0 saturated carbocycles. The quantitative estimate of drug-likeness (QED) is 0.646. The van der Waals surface area contributed by atoms with Gasteiger partial charge in [0.15, 0.2) is 5.82 Å². The number of nitrogens with one attached hydrogen (secondary N) is 2. The third-order valence-corrected chi connectivity index (χ3v) is 6.59. The van der Waals surface area contributed by atoms with E-state index in [4.69, 9.17) is 10.2 Å². The summed E-state index contributed by atoms with van der Waals surface area (Å²) in [4.78, 5) is 12.1. The van der Waals surface area contributed by atoms with Crippen LogP contribution in [0.2, 0.25) is 0 Å². The molecule has 30 heavy (non-hydrogen) atoms. The van der Waals surface area contributed by atoms with Crippen molar-refractivity contribution in [3.63, 3.8) is 0 Å². The molecule has 0 aromatic carbocycles. The lowest BCUT2D eigenvalue weighted by Gasteiger charge is -2.38. The van der Waals surface area contributed by atoms with Gasteiger partial charge in [-0.3, -0.25) is 15.0 Å². The molecular formula is C23H27N7. The number of hydrogen-bond donors (Lipinski definition) is 2. The third-order valence-electron chi connectivity index (χ3n) is 6.59. The van der Waals surface area contributed by atoms with Gasteiger partial charge >= 0.3 is 0 Å². The van der Waals surface area contributed by atoms with E-state index in [1.807, 2.05) is 31.3 Å². The smallest absolute Gasteiger partial charge is 0.153 e. The predicted molar refractivity (Wildman–Crippen MR) is 116 cm³/mol. The molecule has 3 aromatic heterocycles. The predicted octanol–water partition coefficient (Wildman–Crippen LogP) is 4.10. The second-order valence-corrected chi connectivity index (χ2v) is 8.66. The van der Waals surface area contributed by atoms with Crippen LogP contribution in [0, 0.1) is 24.2 Å². The number of hydrogen-bond acceptors (Lipinski definition) is 6. The first kappa shape index (κ1) is 19.0. The van der Waals surface area contributed by atoms with Crippen molar-refractivity contribution < 1.29 is 0 Å². The summed E-state index contributed by atoms with van der Waals surface area (Å²) in [5.74, 6) is 2.18. The Kier molecular flexibility index (Phi) is 5.09. The molecule has 0 amide bonds. The monoisotopic (exact) mass is 401 g/mol. The second-order valence-electron chi connectivity index (χ2n) is 8.66. The Hall–Kier alpha value is -2.98. The molecule has 5 rings (SSSR count). The van der Waals surface area contributed by atoms with Crippen molar-refractivity contribution in [2.24, 2.45) is 5.92 Å². The zero-order valence-electron chi connectivity index (χ0n) is 17.3. The van der Waals surface area contributed by atoms with Crippen molar-refractivity contribution in [1.82, 2.24) is 25.1 Å². The Balaban J connectivity index is 1.38. The van der Waals surface area contributed by atoms with Gasteiger partial charge in [0.05, 0.1) is 17.3 Å². The molecule has 2 fully saturated rings. The van der Waals surface area contributed by atoms with E-state index < -0.39 is 0 Å². The number of fused-ring (bicyclic) bond motifs is 3. The van der Waals surface area contributed by atoms with Gasteiger partial charge in [-0.1, -0.05) is 0 Å². The van der Waals surface area contributed by atoms with Crippen LogP contribution in [-0.2, 0) is 6.42 Å². The highest BCUT2D eigenvalue weighted by Gasteiger charge is 2.40. The molecule has 2 unspecified atom stereocenters. The van der Waals surface area contributed by atoms with Crippen LogP contribution < -0.4 is 5.32 Å². The van der Waals surface area contributed by atoms with Crippen LogP contribution in [0.4, 0.5) is 11.6 Å². The maximum absolute atomic E-state index is 8.97. The maximum Gasteiger partial charge on any atom is 0.153 e. The summed E-state index contributed by atoms with van der Waals surface area (Å²) in [7, 11) is 0. The fraction of sp³-hybridized carbons (Fsp3) is 0.478. The van der Waals surface area contributed by atoms with Crippen molar-refractivity contribution in [3.05, 3.63) is 41.9 Å². The average Bonchev–Trinajstić information content (AvgIpc) is 3.25. The Labute approximate surface area is 176 Å². The van der Waals surface area contributed by atoms with Crippen molar-refractivity contribution in [2.75, 3.05) is 11.9 Å². The Morgan fingerprint density at radius 1 is 1.23 bits per heavy atom. The van der Waals surface area contributed by atoms with Gasteiger partial charge in [0, 0.05) is 54.5 Å². The van der Waals surface area contributed by atoms with E-state index in [2.05, 4.69) is 37.5 Å². The summed E-state index contributed by atoms with van der Waals surface area (Å²) in [5.41, 5.74) is 3.09. The summed E-state index contributed by atoms with van der Waals surface area (Å²) >= 11 is 0. The van der Waals surface area contributed by atoms with Crippen LogP contribution in [0.5, 0.6) is 0 Å². The lowest BCUT2D eigenvalue weighted by molar-refractivity contribution is 0.106. The minimum absolute atomic E-state index is 0.625. The topological polar surface area (TPSA) is 93.5 Å². The van der Waals surface area contributed by atoms with Crippen LogP contribution in [0.15, 0.2) is 30.5 Å². The van der Waals surface area contributed by atoms with Gasteiger partial charge in [0.2, 0.25) is 0 Å². The van der Waals surface area contributed by atoms with Crippen molar-refractivity contribution in [2.45, 2.75) is 57.5 Å². The highest BCUT2D eigenvalue weighted by atomic mass is 15.2. The van der Waals surface area contributed by atoms with Crippen LogP contribution in [0.1, 0.15) is 43.5 Å². The van der Waals surface area contributed by atoms with E-state index >= 15 is 0 Å². The lowest BCUT2D eigenvalue weighted by atomic mass is 9.86. The molecule has 3 aromatic rings. The van der Waals surface area contributed by atoms with E-state index in [0.29, 0.717) is 24.4 Å². The minimum atomic E-state index is 0.625. The van der Waals surface area contributed by atoms with Crippen LogP contribution in [0.25, 0.3) is 10.9 Å². The molecule has 7 nitrogen and oxygen atoms in total. The zero-order valence-corrected chi connectivity index (χ0v) is 17.3. The largest absolute Gasteiger partial charge is 0.323 e. The lowest BCUT2D eigenvalue weighted by Crippen LogP contribution is -2.43. The molecule has 2 saturated heterocycles. The highest BCUT2D eigenvalue weighted by molar-refractivity contribution is 5.83. The number of aryl methyl sites for hydroxylation is 1. The number of anilines is 2. The van der Waals surface area contributed by atoms with Gasteiger partial charge in [0.25, 0.3) is 0 Å². The fourth-order valence-electron chi connectivity index (χ4n) is 5.35. The molecule has 5 heterocycles. The summed E-state index contributed by atoms with van der Waals surface area (Å²) < 4.78 is 0.